The number of hydrogen-bond donors (Lipinski definition) is 5. The highest BCUT2D eigenvalue weighted by atomic mass is 35.5. The zero-order valence-corrected chi connectivity index (χ0v) is 22.6. The van der Waals surface area contributed by atoms with Crippen LogP contribution in [0, 0.1) is 0 Å². The fourth-order valence-corrected chi connectivity index (χ4v) is 3.55. The van der Waals surface area contributed by atoms with Crippen molar-refractivity contribution in [3.8, 4) is 28.7 Å². The third-order valence-corrected chi connectivity index (χ3v) is 5.61. The summed E-state index contributed by atoms with van der Waals surface area (Å²) < 4.78 is 5.45. The maximum atomic E-state index is 10.6. The fourth-order valence-electron chi connectivity index (χ4n) is 2.94. The number of aromatic hydroxyl groups is 3. The predicted molar refractivity (Wildman–Crippen MR) is 149 cm³/mol. The Bertz CT molecular complexity index is 1390. The number of halogens is 3. The van der Waals surface area contributed by atoms with Crippen LogP contribution >= 0.6 is 34.8 Å². The average Bonchev–Trinajstić information content (AvgIpc) is 2.88. The molecule has 11 heteroatoms. The van der Waals surface area contributed by atoms with Crippen LogP contribution in [0.1, 0.15) is 33.2 Å². The Morgan fingerprint density at radius 2 is 1.26 bits per heavy atom. The number of aryl methyl sites for hydroxylation is 1. The first-order valence-electron chi connectivity index (χ1n) is 11.1. The van der Waals surface area contributed by atoms with E-state index in [0.29, 0.717) is 32.8 Å². The monoisotopic (exact) mass is 592 g/mol. The van der Waals surface area contributed by atoms with Crippen molar-refractivity contribution in [1.29, 1.82) is 0 Å². The molecule has 0 aliphatic rings. The van der Waals surface area contributed by atoms with E-state index in [2.05, 4.69) is 0 Å². The molecule has 0 amide bonds. The molecule has 4 rings (SSSR count). The van der Waals surface area contributed by atoms with Crippen LogP contribution in [0.4, 0.5) is 0 Å². The van der Waals surface area contributed by atoms with Crippen LogP contribution in [-0.2, 0) is 6.42 Å². The van der Waals surface area contributed by atoms with E-state index in [0.717, 1.165) is 0 Å². The Kier molecular flexibility index (Phi) is 11.7. The quantitative estimate of drug-likeness (QED) is 0.157. The van der Waals surface area contributed by atoms with E-state index < -0.39 is 11.9 Å². The lowest BCUT2D eigenvalue weighted by atomic mass is 10.1. The van der Waals surface area contributed by atoms with Crippen molar-refractivity contribution in [2.45, 2.75) is 13.3 Å². The summed E-state index contributed by atoms with van der Waals surface area (Å²) in [6.07, 6.45) is 0.607. The lowest BCUT2D eigenvalue weighted by Crippen LogP contribution is -2.00. The van der Waals surface area contributed by atoms with Gasteiger partial charge in [-0.15, -0.1) is 0 Å². The van der Waals surface area contributed by atoms with Gasteiger partial charge in [0.1, 0.15) is 17.2 Å². The minimum Gasteiger partial charge on any atom is -0.508 e. The van der Waals surface area contributed by atoms with E-state index in [1.807, 2.05) is 6.92 Å². The van der Waals surface area contributed by atoms with Gasteiger partial charge in [-0.2, -0.15) is 0 Å². The van der Waals surface area contributed by atoms with Crippen molar-refractivity contribution in [3.05, 3.63) is 111 Å². The van der Waals surface area contributed by atoms with Crippen LogP contribution < -0.4 is 4.74 Å². The predicted octanol–water partition coefficient (Wildman–Crippen LogP) is 7.89. The van der Waals surface area contributed by atoms with Crippen molar-refractivity contribution in [2.24, 2.45) is 0 Å². The Balaban J connectivity index is 0.000000214. The van der Waals surface area contributed by atoms with Crippen molar-refractivity contribution >= 4 is 46.7 Å². The van der Waals surface area contributed by atoms with Crippen LogP contribution in [0.15, 0.2) is 78.9 Å². The van der Waals surface area contributed by atoms with Crippen LogP contribution in [0.5, 0.6) is 28.7 Å². The van der Waals surface area contributed by atoms with E-state index in [-0.39, 0.29) is 34.1 Å². The number of ether oxygens (including phenoxy) is 1. The molecule has 0 aromatic heterocycles. The number of phenols is 3. The molecule has 0 bridgehead atoms. The molecule has 0 heterocycles. The number of carboxylic acid groups (broad SMARTS) is 2. The summed E-state index contributed by atoms with van der Waals surface area (Å²) in [7, 11) is 0. The maximum Gasteiger partial charge on any atom is 0.335 e. The summed E-state index contributed by atoms with van der Waals surface area (Å²) in [4.78, 5) is 20.8. The highest BCUT2D eigenvalue weighted by Crippen LogP contribution is 2.36. The van der Waals surface area contributed by atoms with E-state index in [1.165, 1.54) is 48.5 Å². The molecule has 4 aromatic carbocycles. The molecule has 0 saturated carbocycles. The molecule has 204 valence electrons. The highest BCUT2D eigenvalue weighted by molar-refractivity contribution is 6.35. The first kappa shape index (κ1) is 31.1. The molecule has 0 aliphatic heterocycles. The number of aromatic carboxylic acids is 2. The van der Waals surface area contributed by atoms with E-state index in [1.54, 1.807) is 30.3 Å². The molecule has 0 unspecified atom stereocenters. The van der Waals surface area contributed by atoms with Crippen molar-refractivity contribution < 1.29 is 39.9 Å². The van der Waals surface area contributed by atoms with Gasteiger partial charge in [0.25, 0.3) is 0 Å². The van der Waals surface area contributed by atoms with Gasteiger partial charge in [0.05, 0.1) is 16.1 Å². The highest BCUT2D eigenvalue weighted by Gasteiger charge is 2.09. The van der Waals surface area contributed by atoms with Crippen molar-refractivity contribution in [3.63, 3.8) is 0 Å². The Hall–Kier alpha value is -4.11. The standard InChI is InChI=1S/C12H7Cl3O2.C9H10O3.C7H6O3/c13-7-1-3-11(9(15)5-7)17-12-4-2-8(14)6-10(12)16;1-2-6-5-7(10)3-4-8(6)9(11)12;8-6-3-1-5(2-4-6)7(9)10/h1-6,16H;3-5,10H,2H2,1H3,(H,11,12);1-4,8H,(H,9,10). The van der Waals surface area contributed by atoms with Gasteiger partial charge >= 0.3 is 11.9 Å². The Labute approximate surface area is 238 Å². The van der Waals surface area contributed by atoms with Crippen molar-refractivity contribution in [1.82, 2.24) is 0 Å². The van der Waals surface area contributed by atoms with Gasteiger partial charge in [-0.3, -0.25) is 0 Å². The molecule has 0 spiro atoms. The number of hydrogen-bond acceptors (Lipinski definition) is 6. The topological polar surface area (TPSA) is 145 Å². The fraction of sp³-hybridized carbons (Fsp3) is 0.0714. The molecule has 0 fully saturated rings. The van der Waals surface area contributed by atoms with E-state index >= 15 is 0 Å². The molecule has 5 N–H and O–H groups in total. The van der Waals surface area contributed by atoms with Gasteiger partial charge in [0, 0.05) is 16.1 Å². The van der Waals surface area contributed by atoms with Gasteiger partial charge < -0.3 is 30.3 Å². The number of benzene rings is 4. The lowest BCUT2D eigenvalue weighted by molar-refractivity contribution is 0.0685. The first-order chi connectivity index (χ1) is 18.4. The summed E-state index contributed by atoms with van der Waals surface area (Å²) in [6, 6.07) is 19.0. The molecular formula is C28H23Cl3O8. The number of rotatable bonds is 5. The molecule has 8 nitrogen and oxygen atoms in total. The SMILES string of the molecule is CCc1cc(O)ccc1C(=O)O.O=C(O)c1ccc(O)cc1.Oc1cc(Cl)ccc1Oc1ccc(Cl)cc1Cl. The third-order valence-electron chi connectivity index (χ3n) is 4.85. The van der Waals surface area contributed by atoms with Gasteiger partial charge in [0.2, 0.25) is 0 Å². The summed E-state index contributed by atoms with van der Waals surface area (Å²) in [5.74, 6) is -1.12. The second-order valence-electron chi connectivity index (χ2n) is 7.64. The third kappa shape index (κ3) is 9.94. The van der Waals surface area contributed by atoms with E-state index in [4.69, 9.17) is 60.0 Å². The first-order valence-corrected chi connectivity index (χ1v) is 12.2. The second kappa shape index (κ2) is 14.7. The Morgan fingerprint density at radius 1 is 0.692 bits per heavy atom. The summed E-state index contributed by atoms with van der Waals surface area (Å²) >= 11 is 17.4. The summed E-state index contributed by atoms with van der Waals surface area (Å²) in [6.45, 7) is 1.85. The van der Waals surface area contributed by atoms with Gasteiger partial charge in [-0.05, 0) is 84.8 Å². The van der Waals surface area contributed by atoms with Crippen molar-refractivity contribution in [2.75, 3.05) is 0 Å². The second-order valence-corrected chi connectivity index (χ2v) is 8.92. The van der Waals surface area contributed by atoms with Crippen LogP contribution in [0.2, 0.25) is 15.1 Å². The van der Waals surface area contributed by atoms with Gasteiger partial charge in [0.15, 0.2) is 11.5 Å². The van der Waals surface area contributed by atoms with Gasteiger partial charge in [-0.1, -0.05) is 41.7 Å². The number of phenolic OH excluding ortho intramolecular Hbond substituents is 3. The summed E-state index contributed by atoms with van der Waals surface area (Å²) in [5, 5.41) is 45.8. The zero-order chi connectivity index (χ0) is 29.1. The Morgan fingerprint density at radius 3 is 1.77 bits per heavy atom. The smallest absolute Gasteiger partial charge is 0.335 e. The normalized spacial score (nSPS) is 9.85. The number of carboxylic acids is 2. The van der Waals surface area contributed by atoms with E-state index in [9.17, 15) is 14.7 Å². The lowest BCUT2D eigenvalue weighted by Gasteiger charge is -2.09. The minimum atomic E-state index is -0.986. The molecule has 39 heavy (non-hydrogen) atoms. The molecule has 0 saturated heterocycles. The zero-order valence-electron chi connectivity index (χ0n) is 20.3. The number of carbonyl (C=O) groups is 2. The maximum absolute atomic E-state index is 10.6. The van der Waals surface area contributed by atoms with Crippen LogP contribution in [0.3, 0.4) is 0 Å². The minimum absolute atomic E-state index is 0.0523. The average molecular weight is 594 g/mol. The molecule has 4 aromatic rings. The molecule has 0 aliphatic carbocycles. The molecule has 0 atom stereocenters. The van der Waals surface area contributed by atoms with Crippen LogP contribution in [-0.4, -0.2) is 37.5 Å². The van der Waals surface area contributed by atoms with Crippen LogP contribution in [0.25, 0.3) is 0 Å². The summed E-state index contributed by atoms with van der Waals surface area (Å²) in [5.41, 5.74) is 1.09. The van der Waals surface area contributed by atoms with Gasteiger partial charge in [-0.25, -0.2) is 9.59 Å². The molecule has 0 radical (unpaired) electrons. The largest absolute Gasteiger partial charge is 0.508 e. The molecular weight excluding hydrogens is 571 g/mol.